The number of furan rings is 1. The molecular formula is C60H47BN2OS2. The zero-order valence-corrected chi connectivity index (χ0v) is 39.9. The Morgan fingerprint density at radius 1 is 0.530 bits per heavy atom. The van der Waals surface area contributed by atoms with Crippen molar-refractivity contribution in [2.75, 3.05) is 4.81 Å². The van der Waals surface area contributed by atoms with Gasteiger partial charge in [-0.05, 0) is 123 Å². The molecule has 3 aliphatic rings. The van der Waals surface area contributed by atoms with Crippen LogP contribution in [0.4, 0.5) is 11.4 Å². The number of aromatic nitrogens is 1. The lowest BCUT2D eigenvalue weighted by molar-refractivity contribution is 0.332. The Bertz CT molecular complexity index is 4170. The van der Waals surface area contributed by atoms with Crippen molar-refractivity contribution in [3.05, 3.63) is 150 Å². The Balaban J connectivity index is 1.10. The first-order chi connectivity index (χ1) is 31.8. The zero-order chi connectivity index (χ0) is 44.3. The molecule has 0 saturated heterocycles. The molecule has 0 fully saturated rings. The number of benzene rings is 8. The molecule has 318 valence electrons. The Morgan fingerprint density at radius 3 is 2.02 bits per heavy atom. The van der Waals surface area contributed by atoms with Crippen LogP contribution in [0, 0.1) is 0 Å². The van der Waals surface area contributed by atoms with Gasteiger partial charge in [0.1, 0.15) is 11.2 Å². The summed E-state index contributed by atoms with van der Waals surface area (Å²) in [6.45, 7) is 16.7. The average molecular weight is 887 g/mol. The number of hydrogen-bond donors (Lipinski definition) is 0. The molecule has 3 nitrogen and oxygen atoms in total. The predicted molar refractivity (Wildman–Crippen MR) is 287 cm³/mol. The molecule has 0 atom stereocenters. The third-order valence-corrected chi connectivity index (χ3v) is 18.4. The Hall–Kier alpha value is -6.34. The number of nitrogens with zero attached hydrogens (tertiary/aromatic N) is 2. The predicted octanol–water partition coefficient (Wildman–Crippen LogP) is 16.3. The van der Waals surface area contributed by atoms with Crippen LogP contribution in [0.25, 0.3) is 101 Å². The molecule has 6 heteroatoms. The fourth-order valence-electron chi connectivity index (χ4n) is 12.6. The summed E-state index contributed by atoms with van der Waals surface area (Å²) in [5.41, 5.74) is 18.1. The van der Waals surface area contributed by atoms with Gasteiger partial charge in [0, 0.05) is 90.6 Å². The maximum Gasteiger partial charge on any atom is 0.333 e. The van der Waals surface area contributed by atoms with Gasteiger partial charge in [0.15, 0.2) is 0 Å². The largest absolute Gasteiger partial charge is 0.456 e. The molecule has 4 aromatic heterocycles. The van der Waals surface area contributed by atoms with Gasteiger partial charge < -0.3 is 13.8 Å². The minimum absolute atomic E-state index is 0.0365. The number of para-hydroxylation sites is 1. The van der Waals surface area contributed by atoms with Crippen LogP contribution >= 0.6 is 22.7 Å². The summed E-state index contributed by atoms with van der Waals surface area (Å²) in [5, 5.41) is 10.3. The van der Waals surface area contributed by atoms with Gasteiger partial charge in [0.25, 0.3) is 0 Å². The van der Waals surface area contributed by atoms with Crippen LogP contribution in [0.5, 0.6) is 0 Å². The quantitative estimate of drug-likeness (QED) is 0.153. The van der Waals surface area contributed by atoms with Crippen LogP contribution in [0.2, 0.25) is 0 Å². The van der Waals surface area contributed by atoms with E-state index in [1.807, 2.05) is 22.7 Å². The Morgan fingerprint density at radius 2 is 1.21 bits per heavy atom. The second-order valence-corrected chi connectivity index (χ2v) is 24.1. The molecule has 6 heterocycles. The van der Waals surface area contributed by atoms with Crippen molar-refractivity contribution in [2.24, 2.45) is 0 Å². The van der Waals surface area contributed by atoms with Crippen LogP contribution in [0.15, 0.2) is 138 Å². The van der Waals surface area contributed by atoms with E-state index in [4.69, 9.17) is 4.42 Å². The zero-order valence-electron chi connectivity index (χ0n) is 38.3. The monoisotopic (exact) mass is 886 g/mol. The first kappa shape index (κ1) is 37.8. The van der Waals surface area contributed by atoms with Gasteiger partial charge in [-0.1, -0.05) is 115 Å². The molecule has 0 saturated carbocycles. The first-order valence-corrected chi connectivity index (χ1v) is 25.3. The van der Waals surface area contributed by atoms with Gasteiger partial charge in [-0.2, -0.15) is 0 Å². The molecule has 66 heavy (non-hydrogen) atoms. The average Bonchev–Trinajstić information content (AvgIpc) is 4.05. The molecule has 0 unspecified atom stereocenters. The highest BCUT2D eigenvalue weighted by Gasteiger charge is 2.45. The van der Waals surface area contributed by atoms with Gasteiger partial charge in [-0.25, -0.2) is 0 Å². The Labute approximate surface area is 392 Å². The minimum atomic E-state index is -0.0785. The second kappa shape index (κ2) is 12.4. The summed E-state index contributed by atoms with van der Waals surface area (Å²) >= 11 is 3.87. The van der Waals surface area contributed by atoms with Gasteiger partial charge in [-0.3, -0.25) is 0 Å². The SMILES string of the molecule is CC(C)(C)c1ccc(N2B3c4cc5c(cc4-n4c6cc7oc8ccccc8c7cc6c6ccc(c3c64)-c3cc4sc6cc7c(cc6c4cc32)C(C)(C)CCC7(C)C)sc2ccccc25)cc1. The van der Waals surface area contributed by atoms with Crippen LogP contribution in [0.1, 0.15) is 78.0 Å². The molecule has 15 rings (SSSR count). The van der Waals surface area contributed by atoms with E-state index in [-0.39, 0.29) is 23.1 Å². The fourth-order valence-corrected chi connectivity index (χ4v) is 14.8. The molecule has 1 aliphatic carbocycles. The van der Waals surface area contributed by atoms with E-state index in [9.17, 15) is 0 Å². The standard InChI is InChI=1S/C60H47BN2OS2/c1-58(2,3)32-16-18-33(19-17-32)63-48-27-43-41-25-44-45(60(6,7)23-22-59(44,4)5)29-54(41)66-53(43)28-39(48)36-20-21-37-38-24-40-34-12-8-10-14-50(34)64-51(40)30-47(38)62-49-31-55-42(35-13-9-11-15-52(35)65-55)26-46(49)61(63)56(36)57(37)62/h8-21,24-31H,22-23H2,1-7H3. The van der Waals surface area contributed by atoms with E-state index < -0.39 is 0 Å². The summed E-state index contributed by atoms with van der Waals surface area (Å²) in [4.78, 5) is 2.72. The highest BCUT2D eigenvalue weighted by atomic mass is 32.1. The Kier molecular flexibility index (Phi) is 7.08. The van der Waals surface area contributed by atoms with Gasteiger partial charge >= 0.3 is 6.85 Å². The topological polar surface area (TPSA) is 21.3 Å². The molecule has 0 spiro atoms. The minimum Gasteiger partial charge on any atom is -0.456 e. The van der Waals surface area contributed by atoms with Crippen LogP contribution < -0.4 is 15.7 Å². The van der Waals surface area contributed by atoms with Crippen molar-refractivity contribution < 1.29 is 4.42 Å². The van der Waals surface area contributed by atoms with Crippen LogP contribution in [0.3, 0.4) is 0 Å². The second-order valence-electron chi connectivity index (χ2n) is 21.9. The summed E-state index contributed by atoms with van der Waals surface area (Å²) in [6.07, 6.45) is 2.41. The summed E-state index contributed by atoms with van der Waals surface area (Å²) < 4.78 is 14.6. The van der Waals surface area contributed by atoms with E-state index >= 15 is 0 Å². The lowest BCUT2D eigenvalue weighted by atomic mass is 9.44. The molecular weight excluding hydrogens is 840 g/mol. The number of rotatable bonds is 1. The van der Waals surface area contributed by atoms with E-state index in [2.05, 4.69) is 191 Å². The summed E-state index contributed by atoms with van der Waals surface area (Å²) in [7, 11) is 0. The van der Waals surface area contributed by atoms with E-state index in [1.54, 1.807) is 0 Å². The molecule has 12 aromatic rings. The van der Waals surface area contributed by atoms with Crippen molar-refractivity contribution in [3.8, 4) is 16.8 Å². The maximum atomic E-state index is 6.64. The molecule has 2 aliphatic heterocycles. The van der Waals surface area contributed by atoms with Gasteiger partial charge in [0.05, 0.1) is 11.0 Å². The number of anilines is 2. The van der Waals surface area contributed by atoms with E-state index in [1.165, 1.54) is 131 Å². The molecule has 0 N–H and O–H groups in total. The van der Waals surface area contributed by atoms with Crippen molar-refractivity contribution in [2.45, 2.75) is 77.6 Å². The van der Waals surface area contributed by atoms with Crippen molar-refractivity contribution >= 4 is 136 Å². The number of hydrogen-bond acceptors (Lipinski definition) is 4. The van der Waals surface area contributed by atoms with Crippen molar-refractivity contribution in [1.82, 2.24) is 4.57 Å². The van der Waals surface area contributed by atoms with Gasteiger partial charge in [0.2, 0.25) is 0 Å². The molecule has 8 aromatic carbocycles. The van der Waals surface area contributed by atoms with Gasteiger partial charge in [-0.15, -0.1) is 22.7 Å². The van der Waals surface area contributed by atoms with E-state index in [0.29, 0.717) is 0 Å². The highest BCUT2D eigenvalue weighted by Crippen LogP contribution is 2.53. The fraction of sp³-hybridized carbons (Fsp3) is 0.200. The van der Waals surface area contributed by atoms with Crippen LogP contribution in [-0.4, -0.2) is 11.4 Å². The smallest absolute Gasteiger partial charge is 0.333 e. The van der Waals surface area contributed by atoms with E-state index in [0.717, 1.165) is 21.9 Å². The lowest BCUT2D eigenvalue weighted by Gasteiger charge is -2.42. The number of fused-ring (bicyclic) bond motifs is 18. The van der Waals surface area contributed by atoms with Crippen molar-refractivity contribution in [3.63, 3.8) is 0 Å². The molecule has 0 radical (unpaired) electrons. The lowest BCUT2D eigenvalue weighted by Crippen LogP contribution is -2.60. The third kappa shape index (κ3) is 4.84. The number of thiophene rings is 2. The maximum absolute atomic E-state index is 6.64. The summed E-state index contributed by atoms with van der Waals surface area (Å²) in [6, 6.07) is 51.9. The van der Waals surface area contributed by atoms with Crippen molar-refractivity contribution in [1.29, 1.82) is 0 Å². The normalized spacial score (nSPS) is 16.2. The molecule has 0 amide bonds. The third-order valence-electron chi connectivity index (χ3n) is 16.2. The molecule has 0 bridgehead atoms. The summed E-state index contributed by atoms with van der Waals surface area (Å²) in [5.74, 6) is 0. The first-order valence-electron chi connectivity index (χ1n) is 23.6. The highest BCUT2D eigenvalue weighted by molar-refractivity contribution is 7.26. The van der Waals surface area contributed by atoms with Crippen LogP contribution in [-0.2, 0) is 16.2 Å².